The number of hydrogen-bond donors (Lipinski definition) is 1. The van der Waals surface area contributed by atoms with Gasteiger partial charge in [0.1, 0.15) is 6.33 Å². The minimum atomic E-state index is 0.446. The first-order valence-electron chi connectivity index (χ1n) is 7.84. The van der Waals surface area contributed by atoms with E-state index in [1.54, 1.807) is 0 Å². The summed E-state index contributed by atoms with van der Waals surface area (Å²) in [6.07, 6.45) is 9.30. The van der Waals surface area contributed by atoms with Gasteiger partial charge in [-0.1, -0.05) is 0 Å². The zero-order chi connectivity index (χ0) is 13.0. The van der Waals surface area contributed by atoms with Gasteiger partial charge in [-0.2, -0.15) is 5.10 Å². The number of aromatic nitrogens is 3. The Morgan fingerprint density at radius 3 is 2.37 bits per heavy atom. The molecule has 1 aromatic rings. The summed E-state index contributed by atoms with van der Waals surface area (Å²) in [5, 5.41) is 4.54. The third kappa shape index (κ3) is 1.83. The highest BCUT2D eigenvalue weighted by Crippen LogP contribution is 2.58. The van der Waals surface area contributed by atoms with Crippen LogP contribution in [-0.2, 0) is 6.54 Å². The maximum Gasteiger partial charge on any atom is 0.164 e. The van der Waals surface area contributed by atoms with E-state index in [-0.39, 0.29) is 0 Å². The van der Waals surface area contributed by atoms with Gasteiger partial charge in [0.25, 0.3) is 0 Å². The van der Waals surface area contributed by atoms with Crippen LogP contribution in [0.2, 0.25) is 0 Å². The first-order valence-corrected chi connectivity index (χ1v) is 7.84. The SMILES string of the molecule is CC(C1C2CC3CC(C2)CC1C3)n1cnc(CN)n1. The third-order valence-corrected chi connectivity index (χ3v) is 6.01. The summed E-state index contributed by atoms with van der Waals surface area (Å²) in [5.74, 6) is 5.56. The van der Waals surface area contributed by atoms with Crippen LogP contribution in [0.4, 0.5) is 0 Å². The van der Waals surface area contributed by atoms with Crippen LogP contribution in [0.1, 0.15) is 50.9 Å². The molecule has 4 bridgehead atoms. The second-order valence-electron chi connectivity index (χ2n) is 7.09. The highest BCUT2D eigenvalue weighted by Gasteiger charge is 2.50. The van der Waals surface area contributed by atoms with Crippen LogP contribution in [-0.4, -0.2) is 14.8 Å². The Morgan fingerprint density at radius 1 is 1.21 bits per heavy atom. The lowest BCUT2D eigenvalue weighted by Crippen LogP contribution is -2.47. The molecule has 0 aromatic carbocycles. The zero-order valence-corrected chi connectivity index (χ0v) is 11.7. The van der Waals surface area contributed by atoms with Crippen LogP contribution in [0.15, 0.2) is 6.33 Å². The van der Waals surface area contributed by atoms with E-state index < -0.39 is 0 Å². The largest absolute Gasteiger partial charge is 0.324 e. The van der Waals surface area contributed by atoms with Crippen LogP contribution in [0.5, 0.6) is 0 Å². The fourth-order valence-electron chi connectivity index (χ4n) is 5.53. The lowest BCUT2D eigenvalue weighted by Gasteiger charge is -2.56. The summed E-state index contributed by atoms with van der Waals surface area (Å²) < 4.78 is 2.08. The van der Waals surface area contributed by atoms with Gasteiger partial charge in [-0.25, -0.2) is 9.67 Å². The fourth-order valence-corrected chi connectivity index (χ4v) is 5.53. The maximum atomic E-state index is 5.62. The number of hydrogen-bond acceptors (Lipinski definition) is 3. The van der Waals surface area contributed by atoms with Crippen molar-refractivity contribution in [2.45, 2.75) is 51.6 Å². The maximum absolute atomic E-state index is 5.62. The second-order valence-corrected chi connectivity index (χ2v) is 7.09. The summed E-state index contributed by atoms with van der Waals surface area (Å²) in [4.78, 5) is 4.30. The van der Waals surface area contributed by atoms with Crippen LogP contribution in [0.25, 0.3) is 0 Å². The van der Waals surface area contributed by atoms with Crippen LogP contribution in [0, 0.1) is 29.6 Å². The molecule has 4 saturated carbocycles. The van der Waals surface area contributed by atoms with Crippen molar-refractivity contribution in [3.8, 4) is 0 Å². The molecule has 4 nitrogen and oxygen atoms in total. The van der Waals surface area contributed by atoms with Gasteiger partial charge in [-0.3, -0.25) is 0 Å². The monoisotopic (exact) mass is 260 g/mol. The predicted molar refractivity (Wildman–Crippen MR) is 73.2 cm³/mol. The molecule has 0 spiro atoms. The van der Waals surface area contributed by atoms with Gasteiger partial charge in [0.15, 0.2) is 5.82 Å². The van der Waals surface area contributed by atoms with E-state index in [4.69, 9.17) is 5.73 Å². The molecule has 19 heavy (non-hydrogen) atoms. The minimum Gasteiger partial charge on any atom is -0.324 e. The van der Waals surface area contributed by atoms with E-state index in [2.05, 4.69) is 21.7 Å². The highest BCUT2D eigenvalue weighted by molar-refractivity contribution is 5.00. The van der Waals surface area contributed by atoms with Gasteiger partial charge in [-0.15, -0.1) is 0 Å². The van der Waals surface area contributed by atoms with Gasteiger partial charge in [-0.05, 0) is 68.6 Å². The molecule has 5 rings (SSSR count). The standard InChI is InChI=1S/C15H24N4/c1-9(19-8-17-14(7-16)18-19)15-12-3-10-2-11(5-12)6-13(15)4-10/h8-13,15H,2-7,16H2,1H3. The lowest BCUT2D eigenvalue weighted by molar-refractivity contribution is -0.0572. The summed E-state index contributed by atoms with van der Waals surface area (Å²) in [6, 6.07) is 0.489. The van der Waals surface area contributed by atoms with Crippen molar-refractivity contribution in [2.24, 2.45) is 35.3 Å². The molecule has 1 aromatic heterocycles. The normalized spacial score (nSPS) is 41.7. The molecule has 0 aliphatic heterocycles. The fraction of sp³-hybridized carbons (Fsp3) is 0.867. The summed E-state index contributed by atoms with van der Waals surface area (Å²) in [6.45, 7) is 2.78. The van der Waals surface area contributed by atoms with Crippen LogP contribution in [0.3, 0.4) is 0 Å². The summed E-state index contributed by atoms with van der Waals surface area (Å²) in [7, 11) is 0. The molecule has 1 unspecified atom stereocenters. The Balaban J connectivity index is 1.58. The molecule has 4 fully saturated rings. The Kier molecular flexibility index (Phi) is 2.69. The molecule has 4 heteroatoms. The van der Waals surface area contributed by atoms with Crippen molar-refractivity contribution in [3.63, 3.8) is 0 Å². The van der Waals surface area contributed by atoms with E-state index in [0.717, 1.165) is 35.4 Å². The van der Waals surface area contributed by atoms with Crippen LogP contribution < -0.4 is 5.73 Å². The van der Waals surface area contributed by atoms with Crippen molar-refractivity contribution in [2.75, 3.05) is 0 Å². The van der Waals surface area contributed by atoms with E-state index in [1.165, 1.54) is 32.1 Å². The molecule has 2 N–H and O–H groups in total. The van der Waals surface area contributed by atoms with Crippen molar-refractivity contribution in [1.29, 1.82) is 0 Å². The van der Waals surface area contributed by atoms with Gasteiger partial charge in [0, 0.05) is 0 Å². The van der Waals surface area contributed by atoms with E-state index in [1.807, 2.05) is 6.33 Å². The van der Waals surface area contributed by atoms with Crippen molar-refractivity contribution >= 4 is 0 Å². The molecule has 4 aliphatic carbocycles. The average Bonchev–Trinajstić information content (AvgIpc) is 2.86. The Morgan fingerprint density at radius 2 is 1.84 bits per heavy atom. The minimum absolute atomic E-state index is 0.446. The Bertz CT molecular complexity index is 438. The quantitative estimate of drug-likeness (QED) is 0.907. The Hall–Kier alpha value is -0.900. The number of nitrogens with zero attached hydrogens (tertiary/aromatic N) is 3. The van der Waals surface area contributed by atoms with Gasteiger partial charge in [0.05, 0.1) is 12.6 Å². The zero-order valence-electron chi connectivity index (χ0n) is 11.7. The van der Waals surface area contributed by atoms with Gasteiger partial charge in [0.2, 0.25) is 0 Å². The molecular formula is C15H24N4. The van der Waals surface area contributed by atoms with Crippen molar-refractivity contribution < 1.29 is 0 Å². The first kappa shape index (κ1) is 11.9. The number of nitrogens with two attached hydrogens (primary N) is 1. The summed E-state index contributed by atoms with van der Waals surface area (Å²) >= 11 is 0. The molecule has 0 amide bonds. The average molecular weight is 260 g/mol. The smallest absolute Gasteiger partial charge is 0.164 e. The van der Waals surface area contributed by atoms with Crippen LogP contribution >= 0.6 is 0 Å². The topological polar surface area (TPSA) is 56.7 Å². The van der Waals surface area contributed by atoms with E-state index >= 15 is 0 Å². The molecule has 1 atom stereocenters. The van der Waals surface area contributed by atoms with E-state index in [9.17, 15) is 0 Å². The molecule has 4 aliphatic rings. The highest BCUT2D eigenvalue weighted by atomic mass is 15.3. The third-order valence-electron chi connectivity index (χ3n) is 6.01. The Labute approximate surface area is 114 Å². The molecule has 0 radical (unpaired) electrons. The second kappa shape index (κ2) is 4.30. The number of rotatable bonds is 3. The van der Waals surface area contributed by atoms with E-state index in [0.29, 0.717) is 12.6 Å². The van der Waals surface area contributed by atoms with Gasteiger partial charge < -0.3 is 5.73 Å². The van der Waals surface area contributed by atoms with Crippen molar-refractivity contribution in [1.82, 2.24) is 14.8 Å². The summed E-state index contributed by atoms with van der Waals surface area (Å²) in [5.41, 5.74) is 5.62. The molecule has 0 saturated heterocycles. The predicted octanol–water partition coefficient (Wildman–Crippen LogP) is 2.37. The molecule has 1 heterocycles. The molecular weight excluding hydrogens is 236 g/mol. The van der Waals surface area contributed by atoms with Gasteiger partial charge >= 0.3 is 0 Å². The first-order chi connectivity index (χ1) is 9.24. The lowest BCUT2D eigenvalue weighted by atomic mass is 9.50. The van der Waals surface area contributed by atoms with Crippen molar-refractivity contribution in [3.05, 3.63) is 12.2 Å². The molecule has 104 valence electrons.